The molecular formula is C10H14IN3O. The smallest absolute Gasteiger partial charge is 0.244 e. The first kappa shape index (κ1) is 10.9. The summed E-state index contributed by atoms with van der Waals surface area (Å²) < 4.78 is 2.77. The second-order valence-corrected chi connectivity index (χ2v) is 5.01. The summed E-state index contributed by atoms with van der Waals surface area (Å²) in [5, 5.41) is 4.11. The minimum absolute atomic E-state index is 0.180. The fourth-order valence-electron chi connectivity index (χ4n) is 1.68. The van der Waals surface area contributed by atoms with Crippen molar-refractivity contribution in [3.63, 3.8) is 0 Å². The number of rotatable bonds is 4. The molecule has 1 heterocycles. The lowest BCUT2D eigenvalue weighted by Gasteiger charge is -2.20. The van der Waals surface area contributed by atoms with Gasteiger partial charge in [0.15, 0.2) is 0 Å². The molecule has 0 aromatic carbocycles. The first-order valence-electron chi connectivity index (χ1n) is 5.18. The van der Waals surface area contributed by atoms with Crippen molar-refractivity contribution in [3.05, 3.63) is 16.0 Å². The normalized spacial score (nSPS) is 15.3. The van der Waals surface area contributed by atoms with E-state index in [1.54, 1.807) is 10.9 Å². The van der Waals surface area contributed by atoms with Gasteiger partial charge in [-0.15, -0.1) is 0 Å². The van der Waals surface area contributed by atoms with Gasteiger partial charge in [0, 0.05) is 18.8 Å². The predicted octanol–water partition coefficient (Wildman–Crippen LogP) is 1.50. The summed E-state index contributed by atoms with van der Waals surface area (Å²) in [6.45, 7) is 3.21. The van der Waals surface area contributed by atoms with Crippen LogP contribution in [0.15, 0.2) is 12.4 Å². The van der Waals surface area contributed by atoms with Crippen molar-refractivity contribution in [3.8, 4) is 0 Å². The van der Waals surface area contributed by atoms with Crippen LogP contribution in [0.25, 0.3) is 0 Å². The standard InChI is InChI=1S/C10H14IN3O/c1-2-14(9-3-4-9)10(15)7-13-6-8(11)5-12-13/h5-6,9H,2-4,7H2,1H3. The molecule has 2 rings (SSSR count). The minimum Gasteiger partial charge on any atom is -0.338 e. The van der Waals surface area contributed by atoms with Crippen LogP contribution in [0.3, 0.4) is 0 Å². The van der Waals surface area contributed by atoms with Gasteiger partial charge >= 0.3 is 0 Å². The van der Waals surface area contributed by atoms with Gasteiger partial charge in [-0.05, 0) is 42.4 Å². The van der Waals surface area contributed by atoms with E-state index in [4.69, 9.17) is 0 Å². The van der Waals surface area contributed by atoms with Crippen LogP contribution >= 0.6 is 22.6 Å². The van der Waals surface area contributed by atoms with Crippen molar-refractivity contribution in [2.45, 2.75) is 32.4 Å². The van der Waals surface area contributed by atoms with E-state index in [9.17, 15) is 4.79 Å². The lowest BCUT2D eigenvalue weighted by Crippen LogP contribution is -2.35. The number of hydrogen-bond acceptors (Lipinski definition) is 2. The Morgan fingerprint density at radius 2 is 2.47 bits per heavy atom. The first-order chi connectivity index (χ1) is 7.20. The zero-order valence-corrected chi connectivity index (χ0v) is 10.8. The number of hydrogen-bond donors (Lipinski definition) is 0. The van der Waals surface area contributed by atoms with E-state index in [0.717, 1.165) is 23.0 Å². The van der Waals surface area contributed by atoms with E-state index in [2.05, 4.69) is 27.7 Å². The van der Waals surface area contributed by atoms with Crippen LogP contribution in [0, 0.1) is 3.57 Å². The average molecular weight is 319 g/mol. The van der Waals surface area contributed by atoms with E-state index in [-0.39, 0.29) is 5.91 Å². The molecule has 0 bridgehead atoms. The van der Waals surface area contributed by atoms with Crippen LogP contribution in [0.1, 0.15) is 19.8 Å². The molecule has 1 amide bonds. The summed E-state index contributed by atoms with van der Waals surface area (Å²) in [4.78, 5) is 13.8. The third kappa shape index (κ3) is 2.70. The van der Waals surface area contributed by atoms with Gasteiger partial charge in [-0.25, -0.2) is 0 Å². The highest BCUT2D eigenvalue weighted by Crippen LogP contribution is 2.26. The van der Waals surface area contributed by atoms with Crippen LogP contribution < -0.4 is 0 Å². The lowest BCUT2D eigenvalue weighted by molar-refractivity contribution is -0.132. The fourth-order valence-corrected chi connectivity index (χ4v) is 2.12. The quantitative estimate of drug-likeness (QED) is 0.789. The number of halogens is 1. The van der Waals surface area contributed by atoms with Crippen molar-refractivity contribution < 1.29 is 4.79 Å². The summed E-state index contributed by atoms with van der Waals surface area (Å²) in [6.07, 6.45) is 5.98. The molecular weight excluding hydrogens is 305 g/mol. The van der Waals surface area contributed by atoms with Crippen molar-refractivity contribution in [2.24, 2.45) is 0 Å². The average Bonchev–Trinajstić information content (AvgIpc) is 2.93. The Bertz CT molecular complexity index is 359. The maximum Gasteiger partial charge on any atom is 0.244 e. The largest absolute Gasteiger partial charge is 0.338 e. The van der Waals surface area contributed by atoms with E-state index < -0.39 is 0 Å². The van der Waals surface area contributed by atoms with Gasteiger partial charge in [-0.1, -0.05) is 0 Å². The Morgan fingerprint density at radius 1 is 1.73 bits per heavy atom. The molecule has 1 fully saturated rings. The Labute approximate surface area is 103 Å². The van der Waals surface area contributed by atoms with Crippen molar-refractivity contribution in [2.75, 3.05) is 6.54 Å². The second-order valence-electron chi connectivity index (χ2n) is 3.77. The molecule has 0 N–H and O–H groups in total. The Balaban J connectivity index is 1.95. The number of nitrogens with zero attached hydrogens (tertiary/aromatic N) is 3. The summed E-state index contributed by atoms with van der Waals surface area (Å²) in [7, 11) is 0. The molecule has 15 heavy (non-hydrogen) atoms. The number of aromatic nitrogens is 2. The molecule has 0 aliphatic heterocycles. The predicted molar refractivity (Wildman–Crippen MR) is 65.4 cm³/mol. The van der Waals surface area contributed by atoms with Crippen LogP contribution in [0.5, 0.6) is 0 Å². The molecule has 82 valence electrons. The molecule has 0 spiro atoms. The molecule has 4 nitrogen and oxygen atoms in total. The van der Waals surface area contributed by atoms with Gasteiger partial charge in [0.25, 0.3) is 0 Å². The number of amides is 1. The Kier molecular flexibility index (Phi) is 3.28. The summed E-state index contributed by atoms with van der Waals surface area (Å²) in [5.41, 5.74) is 0. The van der Waals surface area contributed by atoms with Crippen molar-refractivity contribution in [1.29, 1.82) is 0 Å². The summed E-state index contributed by atoms with van der Waals surface area (Å²) >= 11 is 2.19. The summed E-state index contributed by atoms with van der Waals surface area (Å²) in [5.74, 6) is 0.180. The van der Waals surface area contributed by atoms with Gasteiger partial charge in [-0.3, -0.25) is 9.48 Å². The van der Waals surface area contributed by atoms with Crippen LogP contribution in [-0.4, -0.2) is 33.2 Å². The van der Waals surface area contributed by atoms with Crippen LogP contribution in [0.2, 0.25) is 0 Å². The van der Waals surface area contributed by atoms with Gasteiger partial charge < -0.3 is 4.90 Å². The van der Waals surface area contributed by atoms with E-state index in [1.165, 1.54) is 0 Å². The number of carbonyl (C=O) groups excluding carboxylic acids is 1. The molecule has 5 heteroatoms. The van der Waals surface area contributed by atoms with Gasteiger partial charge in [0.05, 0.1) is 9.77 Å². The molecule has 1 aliphatic rings. The fraction of sp³-hybridized carbons (Fsp3) is 0.600. The molecule has 1 aromatic heterocycles. The Morgan fingerprint density at radius 3 is 2.93 bits per heavy atom. The first-order valence-corrected chi connectivity index (χ1v) is 6.26. The Hall–Kier alpha value is -0.590. The summed E-state index contributed by atoms with van der Waals surface area (Å²) in [6, 6.07) is 0.497. The zero-order chi connectivity index (χ0) is 10.8. The van der Waals surface area contributed by atoms with Crippen molar-refractivity contribution in [1.82, 2.24) is 14.7 Å². The lowest BCUT2D eigenvalue weighted by atomic mass is 10.4. The van der Waals surface area contributed by atoms with E-state index in [0.29, 0.717) is 12.6 Å². The molecule has 0 unspecified atom stereocenters. The third-order valence-corrected chi connectivity index (χ3v) is 3.10. The molecule has 0 radical (unpaired) electrons. The number of carbonyl (C=O) groups is 1. The topological polar surface area (TPSA) is 38.1 Å². The molecule has 1 saturated carbocycles. The van der Waals surface area contributed by atoms with Crippen LogP contribution in [0.4, 0.5) is 0 Å². The maximum atomic E-state index is 11.9. The highest BCUT2D eigenvalue weighted by molar-refractivity contribution is 14.1. The maximum absolute atomic E-state index is 11.9. The molecule has 1 aromatic rings. The van der Waals surface area contributed by atoms with Crippen molar-refractivity contribution >= 4 is 28.5 Å². The van der Waals surface area contributed by atoms with E-state index >= 15 is 0 Å². The molecule has 1 aliphatic carbocycles. The third-order valence-electron chi connectivity index (χ3n) is 2.55. The van der Waals surface area contributed by atoms with Gasteiger partial charge in [-0.2, -0.15) is 5.10 Å². The highest BCUT2D eigenvalue weighted by Gasteiger charge is 2.31. The monoisotopic (exact) mass is 319 g/mol. The highest BCUT2D eigenvalue weighted by atomic mass is 127. The second kappa shape index (κ2) is 4.51. The molecule has 0 atom stereocenters. The number of likely N-dealkylation sites (N-methyl/N-ethyl adjacent to an activating group) is 1. The van der Waals surface area contributed by atoms with E-state index in [1.807, 2.05) is 18.0 Å². The zero-order valence-electron chi connectivity index (χ0n) is 8.69. The van der Waals surface area contributed by atoms with Gasteiger partial charge in [0.2, 0.25) is 5.91 Å². The SMILES string of the molecule is CCN(C(=O)Cn1cc(I)cn1)C1CC1. The molecule has 0 saturated heterocycles. The minimum atomic E-state index is 0.180. The van der Waals surface area contributed by atoms with Gasteiger partial charge in [0.1, 0.15) is 6.54 Å². The van der Waals surface area contributed by atoms with Crippen LogP contribution in [-0.2, 0) is 11.3 Å².